The summed E-state index contributed by atoms with van der Waals surface area (Å²) in [5.41, 5.74) is 3.56. The SMILES string of the molecule is O=C(Nc1nc(/C=C/c2cn(-c3cccnc3)cn2)cs1)c1cccn1Cc1ccnc(F)c1. The number of carbonyl (C=O) groups is 1. The topological polar surface area (TPSA) is 90.5 Å². The standard InChI is InChI=1S/C24H18FN7OS/c25-22-11-17(7-9-27-22)13-31-10-2-4-21(31)23(33)30-24-29-19(15-34-24)6-5-18-14-32(16-28-18)20-3-1-8-26-12-20/h1-12,14-16H,13H2,(H,29,30,33)/b6-5+. The number of carbonyl (C=O) groups excluding carboxylic acids is 1. The van der Waals surface area contributed by atoms with Crippen LogP contribution >= 0.6 is 11.3 Å². The van der Waals surface area contributed by atoms with Gasteiger partial charge in [-0.2, -0.15) is 4.39 Å². The molecule has 8 nitrogen and oxygen atoms in total. The van der Waals surface area contributed by atoms with E-state index in [0.717, 1.165) is 11.4 Å². The quantitative estimate of drug-likeness (QED) is 0.352. The van der Waals surface area contributed by atoms with Crippen molar-refractivity contribution in [2.45, 2.75) is 6.54 Å². The lowest BCUT2D eigenvalue weighted by molar-refractivity contribution is 0.101. The van der Waals surface area contributed by atoms with Crippen molar-refractivity contribution in [2.75, 3.05) is 5.32 Å². The number of hydrogen-bond donors (Lipinski definition) is 1. The van der Waals surface area contributed by atoms with Crippen molar-refractivity contribution in [1.29, 1.82) is 0 Å². The van der Waals surface area contributed by atoms with Gasteiger partial charge in [0.1, 0.15) is 5.69 Å². The molecule has 0 aliphatic heterocycles. The van der Waals surface area contributed by atoms with Crippen molar-refractivity contribution >= 4 is 34.5 Å². The molecule has 0 aromatic carbocycles. The van der Waals surface area contributed by atoms with Gasteiger partial charge in [-0.05, 0) is 54.1 Å². The Morgan fingerprint density at radius 2 is 2.03 bits per heavy atom. The second-order valence-corrected chi connectivity index (χ2v) is 8.15. The van der Waals surface area contributed by atoms with E-state index in [-0.39, 0.29) is 5.91 Å². The molecule has 168 valence electrons. The summed E-state index contributed by atoms with van der Waals surface area (Å²) in [5.74, 6) is -0.845. The molecule has 0 fully saturated rings. The molecule has 0 spiro atoms. The molecule has 5 rings (SSSR count). The zero-order chi connectivity index (χ0) is 23.3. The van der Waals surface area contributed by atoms with Crippen molar-refractivity contribution in [3.8, 4) is 5.69 Å². The molecule has 1 N–H and O–H groups in total. The molecule has 5 aromatic heterocycles. The number of nitrogens with one attached hydrogen (secondary N) is 1. The zero-order valence-electron chi connectivity index (χ0n) is 17.7. The van der Waals surface area contributed by atoms with Crippen LogP contribution in [0.25, 0.3) is 17.8 Å². The van der Waals surface area contributed by atoms with Gasteiger partial charge in [0.15, 0.2) is 5.13 Å². The Morgan fingerprint density at radius 3 is 2.88 bits per heavy atom. The van der Waals surface area contributed by atoms with Gasteiger partial charge in [-0.1, -0.05) is 0 Å². The maximum atomic E-state index is 13.4. The Hall–Kier alpha value is -4.44. The number of rotatable bonds is 7. The lowest BCUT2D eigenvalue weighted by Gasteiger charge is -2.09. The van der Waals surface area contributed by atoms with Crippen molar-refractivity contribution in [3.05, 3.63) is 108 Å². The summed E-state index contributed by atoms with van der Waals surface area (Å²) >= 11 is 1.33. The monoisotopic (exact) mass is 471 g/mol. The normalized spacial score (nSPS) is 11.2. The highest BCUT2D eigenvalue weighted by Gasteiger charge is 2.13. The van der Waals surface area contributed by atoms with Gasteiger partial charge in [0, 0.05) is 36.7 Å². The summed E-state index contributed by atoms with van der Waals surface area (Å²) in [7, 11) is 0. The van der Waals surface area contributed by atoms with Crippen LogP contribution in [0.4, 0.5) is 9.52 Å². The summed E-state index contributed by atoms with van der Waals surface area (Å²) in [5, 5.41) is 5.16. The Morgan fingerprint density at radius 1 is 1.12 bits per heavy atom. The van der Waals surface area contributed by atoms with Crippen LogP contribution in [0.3, 0.4) is 0 Å². The smallest absolute Gasteiger partial charge is 0.274 e. The highest BCUT2D eigenvalue weighted by atomic mass is 32.1. The lowest BCUT2D eigenvalue weighted by Crippen LogP contribution is -2.17. The number of nitrogens with zero attached hydrogens (tertiary/aromatic N) is 6. The van der Waals surface area contributed by atoms with Gasteiger partial charge in [-0.25, -0.2) is 15.0 Å². The van der Waals surface area contributed by atoms with Crippen molar-refractivity contribution < 1.29 is 9.18 Å². The van der Waals surface area contributed by atoms with E-state index in [1.54, 1.807) is 47.7 Å². The minimum Gasteiger partial charge on any atom is -0.339 e. The van der Waals surface area contributed by atoms with Crippen molar-refractivity contribution in [3.63, 3.8) is 0 Å². The number of hydrogen-bond acceptors (Lipinski definition) is 6. The number of thiazole rings is 1. The molecule has 5 heterocycles. The van der Waals surface area contributed by atoms with E-state index in [9.17, 15) is 9.18 Å². The second-order valence-electron chi connectivity index (χ2n) is 7.29. The highest BCUT2D eigenvalue weighted by Crippen LogP contribution is 2.19. The molecular weight excluding hydrogens is 453 g/mol. The predicted octanol–water partition coefficient (Wildman–Crippen LogP) is 4.53. The molecule has 0 aliphatic carbocycles. The average Bonchev–Trinajstić information content (AvgIpc) is 3.60. The lowest BCUT2D eigenvalue weighted by atomic mass is 10.2. The molecule has 0 saturated carbocycles. The van der Waals surface area contributed by atoms with Gasteiger partial charge in [0.05, 0.1) is 29.6 Å². The minimum atomic E-state index is -0.553. The van der Waals surface area contributed by atoms with E-state index < -0.39 is 5.95 Å². The van der Waals surface area contributed by atoms with Crippen LogP contribution in [0.1, 0.15) is 27.4 Å². The van der Waals surface area contributed by atoms with E-state index in [2.05, 4.69) is 25.3 Å². The maximum absolute atomic E-state index is 13.4. The first kappa shape index (κ1) is 21.4. The molecule has 0 bridgehead atoms. The molecule has 0 aliphatic rings. The van der Waals surface area contributed by atoms with Crippen molar-refractivity contribution in [2.24, 2.45) is 0 Å². The highest BCUT2D eigenvalue weighted by molar-refractivity contribution is 7.14. The number of anilines is 1. The number of imidazole rings is 1. The number of pyridine rings is 2. The van der Waals surface area contributed by atoms with Gasteiger partial charge in [-0.3, -0.25) is 15.1 Å². The van der Waals surface area contributed by atoms with Crippen molar-refractivity contribution in [1.82, 2.24) is 29.1 Å². The van der Waals surface area contributed by atoms with Crippen LogP contribution in [-0.2, 0) is 6.54 Å². The van der Waals surface area contributed by atoms with E-state index in [1.807, 2.05) is 40.4 Å². The molecule has 34 heavy (non-hydrogen) atoms. The Balaban J connectivity index is 1.23. The summed E-state index contributed by atoms with van der Waals surface area (Å²) in [6, 6.07) is 10.4. The molecular formula is C24H18FN7OS. The molecule has 1 amide bonds. The molecule has 0 radical (unpaired) electrons. The third-order valence-corrected chi connectivity index (χ3v) is 5.70. The minimum absolute atomic E-state index is 0.292. The van der Waals surface area contributed by atoms with Crippen LogP contribution in [0.15, 0.2) is 79.1 Å². The molecule has 5 aromatic rings. The first-order valence-electron chi connectivity index (χ1n) is 10.3. The summed E-state index contributed by atoms with van der Waals surface area (Å²) < 4.78 is 17.0. The van der Waals surface area contributed by atoms with E-state index in [4.69, 9.17) is 0 Å². The summed E-state index contributed by atoms with van der Waals surface area (Å²) in [6.07, 6.45) is 14.0. The second kappa shape index (κ2) is 9.59. The third-order valence-electron chi connectivity index (χ3n) is 4.92. The fourth-order valence-electron chi connectivity index (χ4n) is 3.32. The van der Waals surface area contributed by atoms with E-state index in [1.165, 1.54) is 23.6 Å². The zero-order valence-corrected chi connectivity index (χ0v) is 18.6. The number of amides is 1. The number of halogens is 1. The fraction of sp³-hybridized carbons (Fsp3) is 0.0417. The van der Waals surface area contributed by atoms with Crippen LogP contribution in [0, 0.1) is 5.95 Å². The summed E-state index contributed by atoms with van der Waals surface area (Å²) in [4.78, 5) is 29.3. The van der Waals surface area contributed by atoms with Crippen LogP contribution in [-0.4, -0.2) is 35.0 Å². The largest absolute Gasteiger partial charge is 0.339 e. The first-order valence-corrected chi connectivity index (χ1v) is 11.2. The van der Waals surface area contributed by atoms with Gasteiger partial charge in [0.2, 0.25) is 5.95 Å². The molecule has 10 heteroatoms. The fourth-order valence-corrected chi connectivity index (χ4v) is 3.99. The van der Waals surface area contributed by atoms with Crippen LogP contribution < -0.4 is 5.32 Å². The predicted molar refractivity (Wildman–Crippen MR) is 128 cm³/mol. The first-order chi connectivity index (χ1) is 16.6. The van der Waals surface area contributed by atoms with Gasteiger partial charge in [0.25, 0.3) is 5.91 Å². The van der Waals surface area contributed by atoms with Gasteiger partial charge >= 0.3 is 0 Å². The maximum Gasteiger partial charge on any atom is 0.274 e. The van der Waals surface area contributed by atoms with Crippen LogP contribution in [0.2, 0.25) is 0 Å². The Kier molecular flexibility index (Phi) is 6.04. The average molecular weight is 472 g/mol. The third kappa shape index (κ3) is 4.97. The molecule has 0 unspecified atom stereocenters. The van der Waals surface area contributed by atoms with Gasteiger partial charge < -0.3 is 9.13 Å². The molecule has 0 saturated heterocycles. The number of aromatic nitrogens is 6. The van der Waals surface area contributed by atoms with Gasteiger partial charge in [-0.15, -0.1) is 11.3 Å². The Bertz CT molecular complexity index is 1450. The Labute approximate surface area is 198 Å². The van der Waals surface area contributed by atoms with E-state index >= 15 is 0 Å². The van der Waals surface area contributed by atoms with Crippen LogP contribution in [0.5, 0.6) is 0 Å². The molecule has 0 atom stereocenters. The van der Waals surface area contributed by atoms with E-state index in [0.29, 0.717) is 28.6 Å². The summed E-state index contributed by atoms with van der Waals surface area (Å²) in [6.45, 7) is 0.354.